The average molecular weight is 246 g/mol. The Balaban J connectivity index is 5.37. The number of carbonyl (C=O) groups excluding carboxylic acids is 2. The number of Topliss-reactive ketones (excluding diaryl/α,β-unsaturated/α-hetero) is 1. The second kappa shape index (κ2) is 5.97. The van der Waals surface area contributed by atoms with E-state index in [-0.39, 0.29) is 6.61 Å². The summed E-state index contributed by atoms with van der Waals surface area (Å²) in [6, 6.07) is 0. The van der Waals surface area contributed by atoms with E-state index in [1.807, 2.05) is 0 Å². The number of carboxylic acid groups (broad SMARTS) is 2. The van der Waals surface area contributed by atoms with Gasteiger partial charge in [-0.25, -0.2) is 0 Å². The van der Waals surface area contributed by atoms with E-state index < -0.39 is 41.9 Å². The van der Waals surface area contributed by atoms with Crippen molar-refractivity contribution in [2.24, 2.45) is 5.41 Å². The SMILES string of the molecule is CCOC(=O)C(CC(=O)O)(CC(=O)O)C(C)=O. The maximum Gasteiger partial charge on any atom is 0.320 e. The Morgan fingerprint density at radius 3 is 1.71 bits per heavy atom. The van der Waals surface area contributed by atoms with Crippen LogP contribution in [0.5, 0.6) is 0 Å². The Bertz CT molecular complexity index is 329. The fourth-order valence-electron chi connectivity index (χ4n) is 1.39. The predicted octanol–water partition coefficient (Wildman–Crippen LogP) is 0.0743. The minimum absolute atomic E-state index is 0.0624. The Kier molecular flexibility index (Phi) is 5.30. The molecule has 7 nitrogen and oxygen atoms in total. The van der Waals surface area contributed by atoms with Gasteiger partial charge in [-0.3, -0.25) is 19.2 Å². The molecule has 0 unspecified atom stereocenters. The van der Waals surface area contributed by atoms with E-state index in [2.05, 4.69) is 4.74 Å². The summed E-state index contributed by atoms with van der Waals surface area (Å²) in [6.07, 6.45) is -1.79. The Morgan fingerprint density at radius 1 is 1.06 bits per heavy atom. The van der Waals surface area contributed by atoms with Crippen LogP contribution in [-0.4, -0.2) is 40.5 Å². The Morgan fingerprint density at radius 2 is 1.47 bits per heavy atom. The maximum absolute atomic E-state index is 11.6. The van der Waals surface area contributed by atoms with Gasteiger partial charge in [0, 0.05) is 0 Å². The van der Waals surface area contributed by atoms with E-state index in [4.69, 9.17) is 10.2 Å². The first kappa shape index (κ1) is 15.1. The van der Waals surface area contributed by atoms with Gasteiger partial charge >= 0.3 is 17.9 Å². The van der Waals surface area contributed by atoms with Crippen molar-refractivity contribution in [3.05, 3.63) is 0 Å². The fraction of sp³-hybridized carbons (Fsp3) is 0.600. The van der Waals surface area contributed by atoms with Gasteiger partial charge in [0.05, 0.1) is 19.4 Å². The molecule has 0 amide bonds. The van der Waals surface area contributed by atoms with Crippen LogP contribution in [-0.2, 0) is 23.9 Å². The number of hydrogen-bond acceptors (Lipinski definition) is 5. The number of carboxylic acids is 2. The number of esters is 1. The summed E-state index contributed by atoms with van der Waals surface area (Å²) < 4.78 is 4.58. The van der Waals surface area contributed by atoms with E-state index in [1.54, 1.807) is 0 Å². The summed E-state index contributed by atoms with van der Waals surface area (Å²) in [5.74, 6) is -4.82. The highest BCUT2D eigenvalue weighted by molar-refractivity contribution is 6.07. The number of hydrogen-bond donors (Lipinski definition) is 2. The van der Waals surface area contributed by atoms with E-state index in [0.29, 0.717) is 0 Å². The summed E-state index contributed by atoms with van der Waals surface area (Å²) in [5, 5.41) is 17.4. The zero-order valence-corrected chi connectivity index (χ0v) is 9.56. The third-order valence-electron chi connectivity index (χ3n) is 2.25. The number of ketones is 1. The first-order valence-electron chi connectivity index (χ1n) is 4.88. The van der Waals surface area contributed by atoms with Gasteiger partial charge in [0.15, 0.2) is 0 Å². The fourth-order valence-corrected chi connectivity index (χ4v) is 1.39. The zero-order chi connectivity index (χ0) is 13.6. The molecule has 7 heteroatoms. The molecule has 96 valence electrons. The third kappa shape index (κ3) is 3.86. The highest BCUT2D eigenvalue weighted by Crippen LogP contribution is 2.30. The molecule has 0 saturated heterocycles. The van der Waals surface area contributed by atoms with Crippen LogP contribution < -0.4 is 0 Å². The molecule has 17 heavy (non-hydrogen) atoms. The molecule has 0 aliphatic carbocycles. The second-order valence-electron chi connectivity index (χ2n) is 3.50. The van der Waals surface area contributed by atoms with Gasteiger partial charge in [0.1, 0.15) is 11.2 Å². The van der Waals surface area contributed by atoms with Crippen LogP contribution in [0.4, 0.5) is 0 Å². The molecule has 2 N–H and O–H groups in total. The zero-order valence-electron chi connectivity index (χ0n) is 9.56. The quantitative estimate of drug-likeness (QED) is 0.482. The molecule has 0 aliphatic rings. The van der Waals surface area contributed by atoms with Gasteiger partial charge in [-0.1, -0.05) is 0 Å². The van der Waals surface area contributed by atoms with Gasteiger partial charge in [-0.2, -0.15) is 0 Å². The minimum atomic E-state index is -2.15. The third-order valence-corrected chi connectivity index (χ3v) is 2.25. The van der Waals surface area contributed by atoms with Crippen molar-refractivity contribution in [2.75, 3.05) is 6.61 Å². The van der Waals surface area contributed by atoms with Crippen molar-refractivity contribution < 1.29 is 34.1 Å². The monoisotopic (exact) mass is 246 g/mol. The molecular formula is C10H14O7. The number of carbonyl (C=O) groups is 4. The van der Waals surface area contributed by atoms with E-state index in [0.717, 1.165) is 6.92 Å². The largest absolute Gasteiger partial charge is 0.481 e. The van der Waals surface area contributed by atoms with Gasteiger partial charge < -0.3 is 14.9 Å². The van der Waals surface area contributed by atoms with Gasteiger partial charge in [-0.15, -0.1) is 0 Å². The second-order valence-corrected chi connectivity index (χ2v) is 3.50. The number of aliphatic carboxylic acids is 2. The van der Waals surface area contributed by atoms with Gasteiger partial charge in [-0.05, 0) is 13.8 Å². The molecular weight excluding hydrogens is 232 g/mol. The molecule has 0 radical (unpaired) electrons. The van der Waals surface area contributed by atoms with Crippen LogP contribution in [0, 0.1) is 5.41 Å². The summed E-state index contributed by atoms with van der Waals surface area (Å²) >= 11 is 0. The lowest BCUT2D eigenvalue weighted by Crippen LogP contribution is -2.43. The van der Waals surface area contributed by atoms with Crippen LogP contribution in [0.15, 0.2) is 0 Å². The van der Waals surface area contributed by atoms with Crippen LogP contribution in [0.25, 0.3) is 0 Å². The molecule has 0 aromatic rings. The van der Waals surface area contributed by atoms with Crippen molar-refractivity contribution in [1.82, 2.24) is 0 Å². The first-order valence-corrected chi connectivity index (χ1v) is 4.88. The van der Waals surface area contributed by atoms with Crippen molar-refractivity contribution in [1.29, 1.82) is 0 Å². The van der Waals surface area contributed by atoms with Gasteiger partial charge in [0.2, 0.25) is 0 Å². The number of rotatable bonds is 7. The molecule has 0 spiro atoms. The lowest BCUT2D eigenvalue weighted by molar-refractivity contribution is -0.168. The molecule has 0 rings (SSSR count). The molecule has 0 aliphatic heterocycles. The highest BCUT2D eigenvalue weighted by atomic mass is 16.5. The maximum atomic E-state index is 11.6. The van der Waals surface area contributed by atoms with Crippen LogP contribution in [0.3, 0.4) is 0 Å². The summed E-state index contributed by atoms with van der Waals surface area (Å²) in [5.41, 5.74) is -2.15. The van der Waals surface area contributed by atoms with Crippen LogP contribution in [0.2, 0.25) is 0 Å². The topological polar surface area (TPSA) is 118 Å². The summed E-state index contributed by atoms with van der Waals surface area (Å²) in [6.45, 7) is 2.39. The lowest BCUT2D eigenvalue weighted by Gasteiger charge is -2.25. The molecule has 0 saturated carbocycles. The normalized spacial score (nSPS) is 10.7. The molecule has 0 fully saturated rings. The van der Waals surface area contributed by atoms with Crippen LogP contribution >= 0.6 is 0 Å². The molecule has 0 aromatic heterocycles. The van der Waals surface area contributed by atoms with E-state index >= 15 is 0 Å². The summed E-state index contributed by atoms with van der Waals surface area (Å²) in [7, 11) is 0. The number of ether oxygens (including phenoxy) is 1. The predicted molar refractivity (Wildman–Crippen MR) is 54.3 cm³/mol. The van der Waals surface area contributed by atoms with Crippen molar-refractivity contribution in [2.45, 2.75) is 26.7 Å². The smallest absolute Gasteiger partial charge is 0.320 e. The average Bonchev–Trinajstić information content (AvgIpc) is 2.14. The molecule has 0 atom stereocenters. The van der Waals surface area contributed by atoms with Gasteiger partial charge in [0.25, 0.3) is 0 Å². The summed E-state index contributed by atoms with van der Waals surface area (Å²) in [4.78, 5) is 44.3. The van der Waals surface area contributed by atoms with Crippen molar-refractivity contribution in [3.63, 3.8) is 0 Å². The lowest BCUT2D eigenvalue weighted by atomic mass is 9.77. The highest BCUT2D eigenvalue weighted by Gasteiger charge is 2.48. The molecule has 0 bridgehead atoms. The van der Waals surface area contributed by atoms with Crippen LogP contribution in [0.1, 0.15) is 26.7 Å². The minimum Gasteiger partial charge on any atom is -0.481 e. The van der Waals surface area contributed by atoms with E-state index in [1.165, 1.54) is 6.92 Å². The standard InChI is InChI=1S/C10H14O7/c1-3-17-9(16)10(6(2)11,4-7(12)13)5-8(14)15/h3-5H2,1-2H3,(H,12,13)(H,14,15). The first-order chi connectivity index (χ1) is 7.76. The van der Waals surface area contributed by atoms with Crippen molar-refractivity contribution >= 4 is 23.7 Å². The van der Waals surface area contributed by atoms with Crippen molar-refractivity contribution in [3.8, 4) is 0 Å². The Hall–Kier alpha value is -1.92. The Labute approximate surface area is 97.4 Å². The molecule has 0 heterocycles. The van der Waals surface area contributed by atoms with E-state index in [9.17, 15) is 19.2 Å². The molecule has 0 aromatic carbocycles.